The van der Waals surface area contributed by atoms with Crippen molar-refractivity contribution < 1.29 is 4.79 Å². The Labute approximate surface area is 95.4 Å². The summed E-state index contributed by atoms with van der Waals surface area (Å²) in [6.45, 7) is 1.96. The molecule has 2 aliphatic rings. The van der Waals surface area contributed by atoms with E-state index in [0.29, 0.717) is 19.3 Å². The number of hydrogen-bond acceptors (Lipinski definition) is 3. The van der Waals surface area contributed by atoms with Gasteiger partial charge in [-0.05, 0) is 38.2 Å². The summed E-state index contributed by atoms with van der Waals surface area (Å²) in [5, 5.41) is 18.5. The molecule has 1 atom stereocenters. The van der Waals surface area contributed by atoms with Gasteiger partial charge in [0, 0.05) is 12.3 Å². The minimum Gasteiger partial charge on any atom is -0.295 e. The van der Waals surface area contributed by atoms with Crippen LogP contribution in [-0.2, 0) is 4.79 Å². The van der Waals surface area contributed by atoms with Gasteiger partial charge < -0.3 is 0 Å². The Morgan fingerprint density at radius 1 is 1.31 bits per heavy atom. The zero-order chi connectivity index (χ0) is 11.8. The van der Waals surface area contributed by atoms with E-state index in [1.807, 2.05) is 6.92 Å². The summed E-state index contributed by atoms with van der Waals surface area (Å²) < 4.78 is 0. The molecule has 2 rings (SSSR count). The molecule has 1 saturated carbocycles. The lowest BCUT2D eigenvalue weighted by Crippen LogP contribution is -2.37. The second-order valence-corrected chi connectivity index (χ2v) is 4.76. The maximum absolute atomic E-state index is 11.9. The van der Waals surface area contributed by atoms with Crippen LogP contribution < -0.4 is 0 Å². The Kier molecular flexibility index (Phi) is 2.56. The smallest absolute Gasteiger partial charge is 0.159 e. The van der Waals surface area contributed by atoms with Gasteiger partial charge in [-0.25, -0.2) is 0 Å². The molecule has 0 amide bonds. The summed E-state index contributed by atoms with van der Waals surface area (Å²) in [5.74, 6) is 0.0147. The highest BCUT2D eigenvalue weighted by molar-refractivity contribution is 5.97. The molecular formula is C13H14N2O. The number of hydrogen-bond donors (Lipinski definition) is 0. The molecule has 0 N–H and O–H groups in total. The number of nitriles is 2. The number of fused-ring (bicyclic) bond motifs is 1. The molecule has 0 radical (unpaired) electrons. The maximum Gasteiger partial charge on any atom is 0.159 e. The Bertz CT molecular complexity index is 434. The molecule has 16 heavy (non-hydrogen) atoms. The average molecular weight is 214 g/mol. The van der Waals surface area contributed by atoms with Gasteiger partial charge in [-0.2, -0.15) is 10.5 Å². The molecular weight excluding hydrogens is 200 g/mol. The summed E-state index contributed by atoms with van der Waals surface area (Å²) in [6.07, 6.45) is 3.48. The number of carbonyl (C=O) groups excluding carboxylic acids is 1. The van der Waals surface area contributed by atoms with Crippen LogP contribution >= 0.6 is 0 Å². The highest BCUT2D eigenvalue weighted by atomic mass is 16.1. The van der Waals surface area contributed by atoms with Crippen molar-refractivity contribution >= 4 is 5.78 Å². The van der Waals surface area contributed by atoms with Crippen LogP contribution in [-0.4, -0.2) is 5.78 Å². The Morgan fingerprint density at radius 3 is 2.62 bits per heavy atom. The summed E-state index contributed by atoms with van der Waals surface area (Å²) in [5.41, 5.74) is 0.932. The molecule has 82 valence electrons. The molecule has 0 saturated heterocycles. The molecule has 0 spiro atoms. The van der Waals surface area contributed by atoms with Crippen LogP contribution in [0.4, 0.5) is 0 Å². The molecule has 2 aliphatic carbocycles. The fourth-order valence-electron chi connectivity index (χ4n) is 2.95. The predicted octanol–water partition coefficient (Wildman–Crippen LogP) is 2.50. The van der Waals surface area contributed by atoms with Gasteiger partial charge in [-0.3, -0.25) is 4.79 Å². The van der Waals surface area contributed by atoms with Crippen LogP contribution in [0.1, 0.15) is 39.0 Å². The molecule has 0 heterocycles. The van der Waals surface area contributed by atoms with Gasteiger partial charge in [0.1, 0.15) is 0 Å². The van der Waals surface area contributed by atoms with Crippen molar-refractivity contribution in [3.63, 3.8) is 0 Å². The van der Waals surface area contributed by atoms with E-state index in [1.165, 1.54) is 0 Å². The molecule has 0 aromatic rings. The van der Waals surface area contributed by atoms with Crippen molar-refractivity contribution in [3.05, 3.63) is 11.1 Å². The van der Waals surface area contributed by atoms with Crippen molar-refractivity contribution in [1.82, 2.24) is 0 Å². The van der Waals surface area contributed by atoms with Crippen LogP contribution in [0.2, 0.25) is 0 Å². The molecule has 0 bridgehead atoms. The topological polar surface area (TPSA) is 64.7 Å². The summed E-state index contributed by atoms with van der Waals surface area (Å²) in [6, 6.07) is 4.32. The molecule has 0 aliphatic heterocycles. The maximum atomic E-state index is 11.9. The van der Waals surface area contributed by atoms with E-state index >= 15 is 0 Å². The van der Waals surface area contributed by atoms with E-state index in [4.69, 9.17) is 0 Å². The Morgan fingerprint density at radius 2 is 2.00 bits per heavy atom. The van der Waals surface area contributed by atoms with Gasteiger partial charge in [-0.1, -0.05) is 5.57 Å². The van der Waals surface area contributed by atoms with Crippen LogP contribution in [0, 0.1) is 34.0 Å². The second kappa shape index (κ2) is 3.76. The van der Waals surface area contributed by atoms with E-state index in [9.17, 15) is 15.3 Å². The van der Waals surface area contributed by atoms with Crippen LogP contribution in [0.15, 0.2) is 11.1 Å². The van der Waals surface area contributed by atoms with Gasteiger partial charge in [0.2, 0.25) is 0 Å². The van der Waals surface area contributed by atoms with Gasteiger partial charge in [-0.15, -0.1) is 0 Å². The molecule has 1 fully saturated rings. The largest absolute Gasteiger partial charge is 0.295 e. The van der Waals surface area contributed by atoms with Gasteiger partial charge in [0.25, 0.3) is 0 Å². The lowest BCUT2D eigenvalue weighted by atomic mass is 9.61. The quantitative estimate of drug-likeness (QED) is 0.622. The molecule has 3 nitrogen and oxygen atoms in total. The monoisotopic (exact) mass is 214 g/mol. The molecule has 0 aromatic heterocycles. The third-order valence-electron chi connectivity index (χ3n) is 3.89. The Hall–Kier alpha value is -1.61. The third-order valence-corrected chi connectivity index (χ3v) is 3.89. The summed E-state index contributed by atoms with van der Waals surface area (Å²) in [4.78, 5) is 11.9. The normalized spacial score (nSPS) is 27.9. The summed E-state index contributed by atoms with van der Waals surface area (Å²) >= 11 is 0. The van der Waals surface area contributed by atoms with E-state index in [0.717, 1.165) is 24.0 Å². The number of carbonyl (C=O) groups is 1. The van der Waals surface area contributed by atoms with Gasteiger partial charge >= 0.3 is 0 Å². The number of Topliss-reactive ketones (excluding diaryl/α,β-unsaturated/α-hetero) is 1. The minimum absolute atomic E-state index is 0.141. The van der Waals surface area contributed by atoms with Crippen molar-refractivity contribution in [3.8, 4) is 12.1 Å². The predicted molar refractivity (Wildman–Crippen MR) is 57.9 cm³/mol. The van der Waals surface area contributed by atoms with E-state index in [2.05, 4.69) is 12.1 Å². The van der Waals surface area contributed by atoms with Crippen LogP contribution in [0.5, 0.6) is 0 Å². The molecule has 0 aromatic carbocycles. The van der Waals surface area contributed by atoms with Crippen molar-refractivity contribution in [1.29, 1.82) is 10.5 Å². The average Bonchev–Trinajstić information content (AvgIpc) is 2.31. The van der Waals surface area contributed by atoms with Gasteiger partial charge in [0.15, 0.2) is 11.2 Å². The molecule has 3 heteroatoms. The third kappa shape index (κ3) is 1.36. The van der Waals surface area contributed by atoms with Crippen LogP contribution in [0.3, 0.4) is 0 Å². The number of ketones is 1. The van der Waals surface area contributed by atoms with E-state index in [-0.39, 0.29) is 11.7 Å². The fourth-order valence-corrected chi connectivity index (χ4v) is 2.95. The highest BCUT2D eigenvalue weighted by Gasteiger charge is 2.47. The van der Waals surface area contributed by atoms with Gasteiger partial charge in [0.05, 0.1) is 12.1 Å². The number of rotatable bonds is 0. The van der Waals surface area contributed by atoms with Crippen molar-refractivity contribution in [2.45, 2.75) is 39.0 Å². The standard InChI is InChI=1S/C13H14N2O/c1-9-5-6-13(7-14,8-15)10-3-2-4-11(16)12(9)10/h10H,2-6H2,1H3/t10-/m0/s1. The second-order valence-electron chi connectivity index (χ2n) is 4.76. The zero-order valence-electron chi connectivity index (χ0n) is 9.42. The molecule has 0 unspecified atom stereocenters. The van der Waals surface area contributed by atoms with E-state index in [1.54, 1.807) is 0 Å². The zero-order valence-corrected chi connectivity index (χ0v) is 9.42. The first kappa shape index (κ1) is 10.9. The summed E-state index contributed by atoms with van der Waals surface area (Å²) in [7, 11) is 0. The van der Waals surface area contributed by atoms with Crippen molar-refractivity contribution in [2.24, 2.45) is 11.3 Å². The number of nitrogens with zero attached hydrogens (tertiary/aromatic N) is 2. The first-order chi connectivity index (χ1) is 7.64. The first-order valence-electron chi connectivity index (χ1n) is 5.70. The SMILES string of the molecule is CC1=C2C(=O)CCC[C@@H]2C(C#N)(C#N)CC1. The Balaban J connectivity index is 2.51. The number of allylic oxidation sites excluding steroid dienone is 2. The van der Waals surface area contributed by atoms with Crippen molar-refractivity contribution in [2.75, 3.05) is 0 Å². The minimum atomic E-state index is -0.953. The fraction of sp³-hybridized carbons (Fsp3) is 0.615. The lowest BCUT2D eigenvalue weighted by molar-refractivity contribution is -0.117. The lowest BCUT2D eigenvalue weighted by Gasteiger charge is -2.38. The van der Waals surface area contributed by atoms with Crippen LogP contribution in [0.25, 0.3) is 0 Å². The van der Waals surface area contributed by atoms with E-state index < -0.39 is 5.41 Å². The highest BCUT2D eigenvalue weighted by Crippen LogP contribution is 2.48. The first-order valence-corrected chi connectivity index (χ1v) is 5.70.